The lowest BCUT2D eigenvalue weighted by atomic mass is 10.2. The molecule has 0 aliphatic carbocycles. The maximum atomic E-state index is 12.1. The minimum Gasteiger partial charge on any atom is -0.468 e. The topological polar surface area (TPSA) is 72.5 Å². The average molecular weight is 338 g/mol. The van der Waals surface area contributed by atoms with Gasteiger partial charge in [-0.25, -0.2) is 9.98 Å². The zero-order valence-electron chi connectivity index (χ0n) is 13.0. The first-order valence-electron chi connectivity index (χ1n) is 7.10. The fourth-order valence-electron chi connectivity index (χ4n) is 1.87. The molecule has 0 saturated carbocycles. The van der Waals surface area contributed by atoms with E-state index in [4.69, 9.17) is 5.73 Å². The number of pyridine rings is 1. The second kappa shape index (κ2) is 7.67. The molecule has 0 fully saturated rings. The normalized spacial score (nSPS) is 12.1. The van der Waals surface area contributed by atoms with Gasteiger partial charge in [0.2, 0.25) is 5.88 Å². The van der Waals surface area contributed by atoms with Crippen molar-refractivity contribution in [2.75, 3.05) is 11.9 Å². The molecule has 0 aliphatic rings. The van der Waals surface area contributed by atoms with Gasteiger partial charge in [-0.1, -0.05) is 12.1 Å². The van der Waals surface area contributed by atoms with Crippen molar-refractivity contribution in [3.05, 3.63) is 53.7 Å². The summed E-state index contributed by atoms with van der Waals surface area (Å²) in [6.07, 6.45) is -3.04. The first-order chi connectivity index (χ1) is 11.3. The quantitative estimate of drug-likeness (QED) is 0.648. The third-order valence-electron chi connectivity index (χ3n) is 2.91. The minimum absolute atomic E-state index is 0.106. The Kier molecular flexibility index (Phi) is 5.62. The number of hydrogen-bond acceptors (Lipinski definition) is 3. The van der Waals surface area contributed by atoms with E-state index in [2.05, 4.69) is 20.0 Å². The van der Waals surface area contributed by atoms with Crippen LogP contribution in [0.3, 0.4) is 0 Å². The van der Waals surface area contributed by atoms with E-state index >= 15 is 0 Å². The molecule has 0 bridgehead atoms. The van der Waals surface area contributed by atoms with Crippen LogP contribution >= 0.6 is 0 Å². The Morgan fingerprint density at radius 1 is 1.29 bits per heavy atom. The third-order valence-corrected chi connectivity index (χ3v) is 2.91. The fraction of sp³-hybridized carbons (Fsp3) is 0.250. The van der Waals surface area contributed by atoms with Crippen LogP contribution in [0.1, 0.15) is 11.1 Å². The summed E-state index contributed by atoms with van der Waals surface area (Å²) in [5.74, 6) is 0.0976. The van der Waals surface area contributed by atoms with E-state index in [0.717, 1.165) is 11.3 Å². The molecule has 0 saturated heterocycles. The second-order valence-corrected chi connectivity index (χ2v) is 5.10. The molecule has 5 nitrogen and oxygen atoms in total. The molecular weight excluding hydrogens is 321 g/mol. The van der Waals surface area contributed by atoms with Crippen LogP contribution in [0.15, 0.2) is 47.6 Å². The highest BCUT2D eigenvalue weighted by atomic mass is 19.4. The number of nitrogens with two attached hydrogens (primary N) is 1. The number of anilines is 1. The number of nitrogens with zero attached hydrogens (tertiary/aromatic N) is 2. The zero-order valence-corrected chi connectivity index (χ0v) is 13.0. The van der Waals surface area contributed by atoms with Crippen molar-refractivity contribution >= 4 is 11.6 Å². The third kappa shape index (κ3) is 6.15. The molecule has 1 heterocycles. The molecule has 0 unspecified atom stereocenters. The van der Waals surface area contributed by atoms with Gasteiger partial charge in [-0.15, -0.1) is 0 Å². The molecular formula is C16H17F3N4O. The number of rotatable bonds is 5. The smallest absolute Gasteiger partial charge is 0.422 e. The predicted octanol–water partition coefficient (Wildman–Crippen LogP) is 3.26. The highest BCUT2D eigenvalue weighted by Gasteiger charge is 2.28. The first kappa shape index (κ1) is 17.6. The van der Waals surface area contributed by atoms with Crippen molar-refractivity contribution < 1.29 is 17.9 Å². The summed E-state index contributed by atoms with van der Waals surface area (Å²) in [5, 5.41) is 2.94. The number of benzene rings is 1. The lowest BCUT2D eigenvalue weighted by Gasteiger charge is -2.09. The number of hydrogen-bond donors (Lipinski definition) is 2. The SMILES string of the molecule is Cc1cccc(NC(N)=NCc2ccnc(OCC(F)(F)F)c2)c1. The summed E-state index contributed by atoms with van der Waals surface area (Å²) >= 11 is 0. The van der Waals surface area contributed by atoms with E-state index < -0.39 is 12.8 Å². The number of aliphatic imine (C=N–C) groups is 1. The second-order valence-electron chi connectivity index (χ2n) is 5.10. The lowest BCUT2D eigenvalue weighted by Crippen LogP contribution is -2.22. The van der Waals surface area contributed by atoms with E-state index in [9.17, 15) is 13.2 Å². The van der Waals surface area contributed by atoms with Crippen molar-refractivity contribution in [3.8, 4) is 5.88 Å². The van der Waals surface area contributed by atoms with Crippen LogP contribution in [0, 0.1) is 6.92 Å². The molecule has 0 radical (unpaired) electrons. The van der Waals surface area contributed by atoms with E-state index in [1.54, 1.807) is 6.07 Å². The van der Waals surface area contributed by atoms with Gasteiger partial charge in [-0.2, -0.15) is 13.2 Å². The van der Waals surface area contributed by atoms with Crippen LogP contribution in [-0.4, -0.2) is 23.7 Å². The van der Waals surface area contributed by atoms with Crippen molar-refractivity contribution in [2.24, 2.45) is 10.7 Å². The number of aryl methyl sites for hydroxylation is 1. The highest BCUT2D eigenvalue weighted by molar-refractivity contribution is 5.92. The largest absolute Gasteiger partial charge is 0.468 e. The molecule has 0 atom stereocenters. The molecule has 0 aliphatic heterocycles. The van der Waals surface area contributed by atoms with Crippen LogP contribution < -0.4 is 15.8 Å². The molecule has 8 heteroatoms. The number of guanidine groups is 1. The monoisotopic (exact) mass is 338 g/mol. The zero-order chi connectivity index (χ0) is 17.6. The van der Waals surface area contributed by atoms with Crippen molar-refractivity contribution in [1.29, 1.82) is 0 Å². The van der Waals surface area contributed by atoms with E-state index in [1.807, 2.05) is 31.2 Å². The van der Waals surface area contributed by atoms with E-state index in [0.29, 0.717) is 5.56 Å². The lowest BCUT2D eigenvalue weighted by molar-refractivity contribution is -0.154. The van der Waals surface area contributed by atoms with Gasteiger partial charge < -0.3 is 15.8 Å². The fourth-order valence-corrected chi connectivity index (χ4v) is 1.87. The summed E-state index contributed by atoms with van der Waals surface area (Å²) < 4.78 is 41.0. The summed E-state index contributed by atoms with van der Waals surface area (Å²) in [7, 11) is 0. The minimum atomic E-state index is -4.40. The first-order valence-corrected chi connectivity index (χ1v) is 7.10. The highest BCUT2D eigenvalue weighted by Crippen LogP contribution is 2.18. The Morgan fingerprint density at radius 3 is 2.79 bits per heavy atom. The maximum Gasteiger partial charge on any atom is 0.422 e. The number of halogens is 3. The molecule has 1 aromatic heterocycles. The Bertz CT molecular complexity index is 716. The number of ether oxygens (including phenoxy) is 1. The average Bonchev–Trinajstić information content (AvgIpc) is 2.51. The summed E-state index contributed by atoms with van der Waals surface area (Å²) in [6, 6.07) is 10.6. The van der Waals surface area contributed by atoms with Crippen molar-refractivity contribution in [1.82, 2.24) is 4.98 Å². The van der Waals surface area contributed by atoms with Crippen molar-refractivity contribution in [3.63, 3.8) is 0 Å². The van der Waals surface area contributed by atoms with Crippen LogP contribution in [0.4, 0.5) is 18.9 Å². The van der Waals surface area contributed by atoms with Gasteiger partial charge in [0.25, 0.3) is 0 Å². The molecule has 0 amide bonds. The van der Waals surface area contributed by atoms with Gasteiger partial charge in [0.05, 0.1) is 6.54 Å². The Hall–Kier alpha value is -2.77. The number of nitrogens with one attached hydrogen (secondary N) is 1. The molecule has 0 spiro atoms. The summed E-state index contributed by atoms with van der Waals surface area (Å²) in [5.41, 5.74) is 8.32. The van der Waals surface area contributed by atoms with E-state index in [1.165, 1.54) is 12.3 Å². The Morgan fingerprint density at radius 2 is 2.08 bits per heavy atom. The Balaban J connectivity index is 1.95. The van der Waals surface area contributed by atoms with Crippen LogP contribution in [-0.2, 0) is 6.54 Å². The van der Waals surface area contributed by atoms with Gasteiger partial charge in [-0.3, -0.25) is 0 Å². The van der Waals surface area contributed by atoms with Gasteiger partial charge >= 0.3 is 6.18 Å². The predicted molar refractivity (Wildman–Crippen MR) is 85.9 cm³/mol. The van der Waals surface area contributed by atoms with Gasteiger partial charge in [0, 0.05) is 18.0 Å². The van der Waals surface area contributed by atoms with Crippen LogP contribution in [0.2, 0.25) is 0 Å². The van der Waals surface area contributed by atoms with Crippen molar-refractivity contribution in [2.45, 2.75) is 19.6 Å². The molecule has 128 valence electrons. The molecule has 2 rings (SSSR count). The number of aromatic nitrogens is 1. The van der Waals surface area contributed by atoms with Gasteiger partial charge in [-0.05, 0) is 36.2 Å². The standard InChI is InChI=1S/C16H17F3N4O/c1-11-3-2-4-13(7-11)23-15(20)22-9-12-5-6-21-14(8-12)24-10-16(17,18)19/h2-8H,9-10H2,1H3,(H3,20,22,23). The summed E-state index contributed by atoms with van der Waals surface area (Å²) in [6.45, 7) is 0.761. The molecule has 3 N–H and O–H groups in total. The van der Waals surface area contributed by atoms with E-state index in [-0.39, 0.29) is 18.4 Å². The van der Waals surface area contributed by atoms with Crippen LogP contribution in [0.5, 0.6) is 5.88 Å². The Labute approximate surface area is 137 Å². The van der Waals surface area contributed by atoms with Crippen LogP contribution in [0.25, 0.3) is 0 Å². The molecule has 1 aromatic carbocycles. The van der Waals surface area contributed by atoms with Gasteiger partial charge in [0.1, 0.15) is 0 Å². The molecule has 24 heavy (non-hydrogen) atoms. The number of alkyl halides is 3. The maximum absolute atomic E-state index is 12.1. The molecule has 2 aromatic rings. The van der Waals surface area contributed by atoms with Gasteiger partial charge in [0.15, 0.2) is 12.6 Å². The summed E-state index contributed by atoms with van der Waals surface area (Å²) in [4.78, 5) is 7.88.